The van der Waals surface area contributed by atoms with Gasteiger partial charge in [-0.1, -0.05) is 41.9 Å². The lowest BCUT2D eigenvalue weighted by molar-refractivity contribution is -0.120. The van der Waals surface area contributed by atoms with E-state index in [0.717, 1.165) is 4.90 Å². The summed E-state index contributed by atoms with van der Waals surface area (Å²) in [6.07, 6.45) is 0. The standard InChI is InChI=1S/C25H21ClN2O4/c1-3-32-21-10-5-4-9-20(21)28-24(29)22(16-11-13-17(26)14-12-16)23(25(28)30)27-18-7-6-8-19(15-18)31-2/h4-15,27H,3H2,1-2H3. The Morgan fingerprint density at radius 1 is 0.938 bits per heavy atom. The van der Waals surface area contributed by atoms with Crippen molar-refractivity contribution in [2.24, 2.45) is 0 Å². The minimum absolute atomic E-state index is 0.164. The molecule has 0 aromatic heterocycles. The van der Waals surface area contributed by atoms with Crippen LogP contribution in [0.25, 0.3) is 5.57 Å². The Bertz CT molecular complexity index is 1200. The Labute approximate surface area is 191 Å². The number of nitrogens with zero attached hydrogens (tertiary/aromatic N) is 1. The Balaban J connectivity index is 1.82. The molecule has 0 saturated carbocycles. The smallest absolute Gasteiger partial charge is 0.282 e. The van der Waals surface area contributed by atoms with Crippen molar-refractivity contribution in [2.45, 2.75) is 6.92 Å². The van der Waals surface area contributed by atoms with Gasteiger partial charge in [0.15, 0.2) is 0 Å². The van der Waals surface area contributed by atoms with Crippen LogP contribution >= 0.6 is 11.6 Å². The average Bonchev–Trinajstić information content (AvgIpc) is 3.04. The molecule has 1 heterocycles. The van der Waals surface area contributed by atoms with Gasteiger partial charge in [0.25, 0.3) is 11.8 Å². The van der Waals surface area contributed by atoms with Crippen molar-refractivity contribution < 1.29 is 19.1 Å². The number of benzene rings is 3. The van der Waals surface area contributed by atoms with Crippen molar-refractivity contribution in [3.8, 4) is 11.5 Å². The van der Waals surface area contributed by atoms with Crippen LogP contribution in [-0.2, 0) is 9.59 Å². The number of para-hydroxylation sites is 2. The number of nitrogens with one attached hydrogen (secondary N) is 1. The molecule has 0 saturated heterocycles. The second-order valence-electron chi connectivity index (χ2n) is 6.96. The van der Waals surface area contributed by atoms with Crippen LogP contribution in [-0.4, -0.2) is 25.5 Å². The van der Waals surface area contributed by atoms with E-state index in [1.807, 2.05) is 6.92 Å². The first kappa shape index (κ1) is 21.5. The fourth-order valence-electron chi connectivity index (χ4n) is 3.51. The number of amides is 2. The van der Waals surface area contributed by atoms with Crippen LogP contribution in [0.2, 0.25) is 5.02 Å². The first-order valence-corrected chi connectivity index (χ1v) is 10.4. The van der Waals surface area contributed by atoms with Crippen LogP contribution in [0.1, 0.15) is 12.5 Å². The highest BCUT2D eigenvalue weighted by atomic mass is 35.5. The van der Waals surface area contributed by atoms with Crippen LogP contribution in [0.15, 0.2) is 78.5 Å². The number of hydrogen-bond donors (Lipinski definition) is 1. The maximum atomic E-state index is 13.6. The van der Waals surface area contributed by atoms with E-state index < -0.39 is 11.8 Å². The second kappa shape index (κ2) is 9.16. The van der Waals surface area contributed by atoms with Gasteiger partial charge >= 0.3 is 0 Å². The number of methoxy groups -OCH3 is 1. The van der Waals surface area contributed by atoms with Gasteiger partial charge in [-0.3, -0.25) is 9.59 Å². The Hall–Kier alpha value is -3.77. The summed E-state index contributed by atoms with van der Waals surface area (Å²) in [7, 11) is 1.56. The number of hydrogen-bond acceptors (Lipinski definition) is 5. The minimum Gasteiger partial charge on any atom is -0.497 e. The molecule has 1 aliphatic heterocycles. The minimum atomic E-state index is -0.477. The van der Waals surface area contributed by atoms with Crippen LogP contribution in [0, 0.1) is 0 Å². The molecular weight excluding hydrogens is 428 g/mol. The summed E-state index contributed by atoms with van der Waals surface area (Å²) >= 11 is 6.04. The molecule has 4 rings (SSSR count). The summed E-state index contributed by atoms with van der Waals surface area (Å²) in [4.78, 5) is 28.3. The highest BCUT2D eigenvalue weighted by Crippen LogP contribution is 2.38. The zero-order valence-electron chi connectivity index (χ0n) is 17.6. The summed E-state index contributed by atoms with van der Waals surface area (Å²) in [6.45, 7) is 2.25. The topological polar surface area (TPSA) is 67.9 Å². The predicted molar refractivity (Wildman–Crippen MR) is 125 cm³/mol. The molecule has 0 unspecified atom stereocenters. The highest BCUT2D eigenvalue weighted by molar-refractivity contribution is 6.46. The molecule has 3 aromatic carbocycles. The molecule has 7 heteroatoms. The fraction of sp³-hybridized carbons (Fsp3) is 0.120. The van der Waals surface area contributed by atoms with Crippen molar-refractivity contribution in [1.82, 2.24) is 0 Å². The van der Waals surface area contributed by atoms with Crippen molar-refractivity contribution in [2.75, 3.05) is 23.9 Å². The van der Waals surface area contributed by atoms with Gasteiger partial charge in [-0.05, 0) is 48.9 Å². The van der Waals surface area contributed by atoms with Crippen molar-refractivity contribution in [3.05, 3.63) is 89.1 Å². The summed E-state index contributed by atoms with van der Waals surface area (Å²) in [5, 5.41) is 3.66. The summed E-state index contributed by atoms with van der Waals surface area (Å²) in [5.74, 6) is 0.151. The maximum Gasteiger partial charge on any atom is 0.282 e. The molecule has 1 aliphatic rings. The van der Waals surface area contributed by atoms with Gasteiger partial charge < -0.3 is 14.8 Å². The zero-order chi connectivity index (χ0) is 22.7. The summed E-state index contributed by atoms with van der Waals surface area (Å²) < 4.78 is 10.9. The maximum absolute atomic E-state index is 13.6. The fourth-order valence-corrected chi connectivity index (χ4v) is 3.64. The third kappa shape index (κ3) is 4.05. The molecule has 6 nitrogen and oxygen atoms in total. The van der Waals surface area contributed by atoms with Crippen LogP contribution in [0.4, 0.5) is 11.4 Å². The normalized spacial score (nSPS) is 13.5. The van der Waals surface area contributed by atoms with E-state index >= 15 is 0 Å². The highest BCUT2D eigenvalue weighted by Gasteiger charge is 2.41. The van der Waals surface area contributed by atoms with Gasteiger partial charge in [0.05, 0.1) is 25.0 Å². The van der Waals surface area contributed by atoms with E-state index in [0.29, 0.717) is 40.1 Å². The lowest BCUT2D eigenvalue weighted by atomic mass is 10.0. The first-order valence-electron chi connectivity index (χ1n) is 10.1. The van der Waals surface area contributed by atoms with Gasteiger partial charge in [-0.15, -0.1) is 0 Å². The van der Waals surface area contributed by atoms with Crippen LogP contribution in [0.5, 0.6) is 11.5 Å². The van der Waals surface area contributed by atoms with Gasteiger partial charge in [0, 0.05) is 16.8 Å². The Kier molecular flexibility index (Phi) is 6.14. The zero-order valence-corrected chi connectivity index (χ0v) is 18.3. The predicted octanol–water partition coefficient (Wildman–Crippen LogP) is 5.14. The SMILES string of the molecule is CCOc1ccccc1N1C(=O)C(Nc2cccc(OC)c2)=C(c2ccc(Cl)cc2)C1=O. The molecule has 32 heavy (non-hydrogen) atoms. The molecule has 0 fully saturated rings. The molecule has 3 aromatic rings. The number of rotatable bonds is 7. The largest absolute Gasteiger partial charge is 0.497 e. The number of carbonyl (C=O) groups is 2. The molecule has 0 atom stereocenters. The van der Waals surface area contributed by atoms with Gasteiger partial charge in [0.1, 0.15) is 17.2 Å². The monoisotopic (exact) mass is 448 g/mol. The molecule has 0 radical (unpaired) electrons. The van der Waals surface area contributed by atoms with Crippen LogP contribution < -0.4 is 19.7 Å². The molecule has 0 aliphatic carbocycles. The van der Waals surface area contributed by atoms with Crippen molar-refractivity contribution >= 4 is 40.4 Å². The number of anilines is 2. The Morgan fingerprint density at radius 2 is 1.69 bits per heavy atom. The van der Waals surface area contributed by atoms with E-state index in [-0.39, 0.29) is 11.3 Å². The number of ether oxygens (including phenoxy) is 2. The number of halogens is 1. The summed E-state index contributed by atoms with van der Waals surface area (Å²) in [6, 6.07) is 20.9. The summed E-state index contributed by atoms with van der Waals surface area (Å²) in [5.41, 5.74) is 2.00. The molecule has 2 amide bonds. The molecule has 1 N–H and O–H groups in total. The van der Waals surface area contributed by atoms with Gasteiger partial charge in [-0.2, -0.15) is 0 Å². The lowest BCUT2D eigenvalue weighted by Crippen LogP contribution is -2.32. The first-order chi connectivity index (χ1) is 15.5. The lowest BCUT2D eigenvalue weighted by Gasteiger charge is -2.19. The molecular formula is C25H21ClN2O4. The van der Waals surface area contributed by atoms with E-state index in [4.69, 9.17) is 21.1 Å². The molecule has 162 valence electrons. The average molecular weight is 449 g/mol. The molecule has 0 spiro atoms. The Morgan fingerprint density at radius 3 is 2.41 bits per heavy atom. The van der Waals surface area contributed by atoms with Crippen molar-refractivity contribution in [1.29, 1.82) is 0 Å². The number of carbonyl (C=O) groups excluding carboxylic acids is 2. The van der Waals surface area contributed by atoms with E-state index in [1.54, 1.807) is 79.9 Å². The van der Waals surface area contributed by atoms with E-state index in [1.165, 1.54) is 0 Å². The number of imide groups is 1. The van der Waals surface area contributed by atoms with Gasteiger partial charge in [0.2, 0.25) is 0 Å². The van der Waals surface area contributed by atoms with E-state index in [2.05, 4.69) is 5.32 Å². The van der Waals surface area contributed by atoms with E-state index in [9.17, 15) is 9.59 Å². The quantitative estimate of drug-likeness (QED) is 0.506. The third-order valence-corrected chi connectivity index (χ3v) is 5.21. The molecule has 0 bridgehead atoms. The van der Waals surface area contributed by atoms with Crippen molar-refractivity contribution in [3.63, 3.8) is 0 Å². The third-order valence-electron chi connectivity index (χ3n) is 4.96. The van der Waals surface area contributed by atoms with Gasteiger partial charge in [-0.25, -0.2) is 4.90 Å². The van der Waals surface area contributed by atoms with Crippen LogP contribution in [0.3, 0.4) is 0 Å². The second-order valence-corrected chi connectivity index (χ2v) is 7.40.